The summed E-state index contributed by atoms with van der Waals surface area (Å²) in [5.74, 6) is -11.9. The van der Waals surface area contributed by atoms with E-state index in [0.29, 0.717) is 19.3 Å². The van der Waals surface area contributed by atoms with Crippen LogP contribution in [0.15, 0.2) is 0 Å². The molecule has 1 fully saturated rings. The summed E-state index contributed by atoms with van der Waals surface area (Å²) in [5, 5.41) is 0. The van der Waals surface area contributed by atoms with Crippen molar-refractivity contribution in [2.75, 3.05) is 14.2 Å². The Morgan fingerprint density at radius 3 is 1.89 bits per heavy atom. The van der Waals surface area contributed by atoms with Crippen LogP contribution in [0, 0.1) is 40.9 Å². The third kappa shape index (κ3) is 7.16. The van der Waals surface area contributed by atoms with E-state index in [4.69, 9.17) is 14.2 Å². The maximum Gasteiger partial charge on any atom is 0.285 e. The van der Waals surface area contributed by atoms with Gasteiger partial charge in [-0.15, -0.1) is 0 Å². The fourth-order valence-electron chi connectivity index (χ4n) is 5.58. The van der Waals surface area contributed by atoms with Gasteiger partial charge in [-0.3, -0.25) is 0 Å². The third-order valence-corrected chi connectivity index (χ3v) is 7.23. The van der Waals surface area contributed by atoms with Crippen molar-refractivity contribution in [3.05, 3.63) is 34.6 Å². The fourth-order valence-corrected chi connectivity index (χ4v) is 5.58. The normalized spacial score (nSPS) is 20.0. The highest BCUT2D eigenvalue weighted by atomic mass is 19.2. The molecule has 0 spiro atoms. The minimum Gasteiger partial charge on any atom is -0.331 e. The van der Waals surface area contributed by atoms with Crippen LogP contribution >= 0.6 is 0 Å². The van der Waals surface area contributed by atoms with Crippen molar-refractivity contribution in [1.29, 1.82) is 0 Å². The predicted molar refractivity (Wildman–Crippen MR) is 125 cm³/mol. The average Bonchev–Trinajstić information content (AvgIpc) is 2.85. The molecule has 1 aliphatic carbocycles. The summed E-state index contributed by atoms with van der Waals surface area (Å²) in [6, 6.07) is 0. The zero-order chi connectivity index (χ0) is 26.2. The van der Waals surface area contributed by atoms with Crippen LogP contribution in [-0.2, 0) is 14.2 Å². The molecule has 0 saturated heterocycles. The molecule has 35 heavy (non-hydrogen) atoms. The van der Waals surface area contributed by atoms with Gasteiger partial charge in [0.25, 0.3) is 5.97 Å². The number of halogens is 5. The molecule has 0 amide bonds. The van der Waals surface area contributed by atoms with Gasteiger partial charge in [0.2, 0.25) is 5.82 Å². The first-order valence-electron chi connectivity index (χ1n) is 12.9. The summed E-state index contributed by atoms with van der Waals surface area (Å²) < 4.78 is 88.4. The van der Waals surface area contributed by atoms with Gasteiger partial charge in [0.15, 0.2) is 23.3 Å². The SMILES string of the molecule is CCCCCCCCC(C1CCCC(c2c(F)c(F)c(F)c(F)c2F)C1)C(OC)(OC)OC(C)C. The first-order chi connectivity index (χ1) is 16.6. The van der Waals surface area contributed by atoms with Crippen LogP contribution in [-0.4, -0.2) is 26.3 Å². The monoisotopic (exact) mass is 508 g/mol. The van der Waals surface area contributed by atoms with E-state index in [1.165, 1.54) is 20.6 Å². The van der Waals surface area contributed by atoms with E-state index in [2.05, 4.69) is 6.92 Å². The molecule has 1 aromatic carbocycles. The Hall–Kier alpha value is -1.25. The smallest absolute Gasteiger partial charge is 0.285 e. The summed E-state index contributed by atoms with van der Waals surface area (Å²) in [5.41, 5.74) is -0.713. The Morgan fingerprint density at radius 2 is 1.34 bits per heavy atom. The standard InChI is InChI=1S/C27H41F5O3/c1-6-7-8-9-10-11-15-20(27(33-4,34-5)35-17(2)3)18-13-12-14-19(16-18)21-22(28)24(30)26(32)25(31)23(21)29/h17-20H,6-16H2,1-5H3. The maximum absolute atomic E-state index is 14.6. The van der Waals surface area contributed by atoms with Crippen molar-refractivity contribution in [3.63, 3.8) is 0 Å². The highest BCUT2D eigenvalue weighted by Crippen LogP contribution is 2.47. The van der Waals surface area contributed by atoms with E-state index in [1.807, 2.05) is 13.8 Å². The third-order valence-electron chi connectivity index (χ3n) is 7.23. The van der Waals surface area contributed by atoms with Crippen LogP contribution < -0.4 is 0 Å². The zero-order valence-corrected chi connectivity index (χ0v) is 21.7. The molecular formula is C27H41F5O3. The number of unbranched alkanes of at least 4 members (excludes halogenated alkanes) is 5. The highest BCUT2D eigenvalue weighted by Gasteiger charge is 2.47. The second-order valence-corrected chi connectivity index (χ2v) is 9.95. The van der Waals surface area contributed by atoms with Gasteiger partial charge in [0, 0.05) is 25.7 Å². The van der Waals surface area contributed by atoms with Crippen LogP contribution in [0.4, 0.5) is 22.0 Å². The lowest BCUT2D eigenvalue weighted by Gasteiger charge is -2.45. The molecule has 0 heterocycles. The van der Waals surface area contributed by atoms with Crippen LogP contribution in [0.25, 0.3) is 0 Å². The van der Waals surface area contributed by atoms with Crippen LogP contribution in [0.2, 0.25) is 0 Å². The number of rotatable bonds is 14. The van der Waals surface area contributed by atoms with Crippen molar-refractivity contribution in [1.82, 2.24) is 0 Å². The van der Waals surface area contributed by atoms with Crippen LogP contribution in [0.5, 0.6) is 0 Å². The Kier molecular flexibility index (Phi) is 11.9. The summed E-state index contributed by atoms with van der Waals surface area (Å²) in [6.45, 7) is 5.90. The first-order valence-corrected chi connectivity index (χ1v) is 12.9. The van der Waals surface area contributed by atoms with Crippen LogP contribution in [0.1, 0.15) is 103 Å². The number of benzene rings is 1. The largest absolute Gasteiger partial charge is 0.331 e. The molecule has 3 unspecified atom stereocenters. The summed E-state index contributed by atoms with van der Waals surface area (Å²) in [6.07, 6.45) is 8.94. The number of hydrogen-bond acceptors (Lipinski definition) is 3. The van der Waals surface area contributed by atoms with Gasteiger partial charge in [-0.1, -0.05) is 51.9 Å². The Morgan fingerprint density at radius 1 is 0.800 bits per heavy atom. The van der Waals surface area contributed by atoms with Gasteiger partial charge < -0.3 is 14.2 Å². The first kappa shape index (κ1) is 30.0. The van der Waals surface area contributed by atoms with Gasteiger partial charge in [-0.05, 0) is 51.4 Å². The Balaban J connectivity index is 2.34. The molecule has 1 aromatic rings. The second kappa shape index (κ2) is 13.9. The van der Waals surface area contributed by atoms with Crippen molar-refractivity contribution >= 4 is 0 Å². The van der Waals surface area contributed by atoms with Crippen LogP contribution in [0.3, 0.4) is 0 Å². The average molecular weight is 509 g/mol. The van der Waals surface area contributed by atoms with Gasteiger partial charge in [-0.2, -0.15) is 0 Å². The fraction of sp³-hybridized carbons (Fsp3) is 0.778. The van der Waals surface area contributed by atoms with Crippen molar-refractivity contribution in [2.24, 2.45) is 11.8 Å². The molecule has 0 N–H and O–H groups in total. The summed E-state index contributed by atoms with van der Waals surface area (Å²) in [4.78, 5) is 0. The molecule has 1 saturated carbocycles. The number of methoxy groups -OCH3 is 2. The quantitative estimate of drug-likeness (QED) is 0.0830. The van der Waals surface area contributed by atoms with Gasteiger partial charge in [0.1, 0.15) is 0 Å². The molecule has 0 aliphatic heterocycles. The molecule has 1 aliphatic rings. The maximum atomic E-state index is 14.6. The van der Waals surface area contributed by atoms with Gasteiger partial charge >= 0.3 is 0 Å². The van der Waals surface area contributed by atoms with E-state index in [-0.39, 0.29) is 24.4 Å². The minimum absolute atomic E-state index is 0.141. The van der Waals surface area contributed by atoms with Crippen molar-refractivity contribution in [2.45, 2.75) is 109 Å². The van der Waals surface area contributed by atoms with E-state index in [0.717, 1.165) is 38.5 Å². The minimum atomic E-state index is -2.12. The molecule has 8 heteroatoms. The van der Waals surface area contributed by atoms with E-state index in [9.17, 15) is 22.0 Å². The highest BCUT2D eigenvalue weighted by molar-refractivity contribution is 5.28. The molecule has 0 aromatic heterocycles. The molecular weight excluding hydrogens is 467 g/mol. The summed E-state index contributed by atoms with van der Waals surface area (Å²) in [7, 11) is 3.01. The Labute approximate surface area is 206 Å². The van der Waals surface area contributed by atoms with E-state index >= 15 is 0 Å². The van der Waals surface area contributed by atoms with Crippen molar-refractivity contribution in [3.8, 4) is 0 Å². The number of ether oxygens (including phenoxy) is 3. The molecule has 2 rings (SSSR count). The molecule has 3 atom stereocenters. The molecule has 202 valence electrons. The Bertz CT molecular complexity index is 769. The topological polar surface area (TPSA) is 27.7 Å². The van der Waals surface area contributed by atoms with Gasteiger partial charge in [-0.25, -0.2) is 22.0 Å². The predicted octanol–water partition coefficient (Wildman–Crippen LogP) is 8.39. The summed E-state index contributed by atoms with van der Waals surface area (Å²) >= 11 is 0. The van der Waals surface area contributed by atoms with E-state index in [1.54, 1.807) is 0 Å². The molecule has 3 nitrogen and oxygen atoms in total. The lowest BCUT2D eigenvalue weighted by Crippen LogP contribution is -2.50. The molecule has 0 bridgehead atoms. The lowest BCUT2D eigenvalue weighted by molar-refractivity contribution is -0.405. The zero-order valence-electron chi connectivity index (χ0n) is 21.7. The van der Waals surface area contributed by atoms with Crippen molar-refractivity contribution < 1.29 is 36.2 Å². The number of hydrogen-bond donors (Lipinski definition) is 0. The van der Waals surface area contributed by atoms with Gasteiger partial charge in [0.05, 0.1) is 6.10 Å². The van der Waals surface area contributed by atoms with E-state index < -0.39 is 46.5 Å². The lowest BCUT2D eigenvalue weighted by atomic mass is 9.70. The molecule has 0 radical (unpaired) electrons. The second-order valence-electron chi connectivity index (χ2n) is 9.95.